The molecule has 0 N–H and O–H groups in total. The van der Waals surface area contributed by atoms with Crippen LogP contribution in [0.2, 0.25) is 0 Å². The second kappa shape index (κ2) is 14.0. The summed E-state index contributed by atoms with van der Waals surface area (Å²) >= 11 is 0. The molecule has 0 aromatic heterocycles. The van der Waals surface area contributed by atoms with Crippen LogP contribution in [0.3, 0.4) is 0 Å². The van der Waals surface area contributed by atoms with Gasteiger partial charge in [-0.2, -0.15) is 0 Å². The van der Waals surface area contributed by atoms with Crippen molar-refractivity contribution in [2.45, 2.75) is 124 Å². The van der Waals surface area contributed by atoms with Gasteiger partial charge in [-0.1, -0.05) is 111 Å². The van der Waals surface area contributed by atoms with E-state index in [0.29, 0.717) is 5.41 Å². The molecule has 0 rings (SSSR count). The van der Waals surface area contributed by atoms with E-state index < -0.39 is 0 Å². The van der Waals surface area contributed by atoms with E-state index in [9.17, 15) is 0 Å². The van der Waals surface area contributed by atoms with Crippen molar-refractivity contribution in [3.05, 3.63) is 0 Å². The highest BCUT2D eigenvalue weighted by Crippen LogP contribution is 2.30. The molecule has 0 saturated carbocycles. The fraction of sp³-hybridized carbons (Fsp3) is 1.00. The third kappa shape index (κ3) is 14.4. The molecule has 0 unspecified atom stereocenters. The van der Waals surface area contributed by atoms with Gasteiger partial charge in [-0.15, -0.1) is 0 Å². The van der Waals surface area contributed by atoms with Gasteiger partial charge >= 0.3 is 0 Å². The monoisotopic (exact) mass is 282 g/mol. The summed E-state index contributed by atoms with van der Waals surface area (Å²) in [6, 6.07) is 0. The van der Waals surface area contributed by atoms with Crippen LogP contribution in [0.5, 0.6) is 0 Å². The highest BCUT2D eigenvalue weighted by atomic mass is 14.2. The van der Waals surface area contributed by atoms with Crippen LogP contribution in [0.15, 0.2) is 0 Å². The molecule has 0 aromatic carbocycles. The zero-order valence-corrected chi connectivity index (χ0v) is 15.1. The summed E-state index contributed by atoms with van der Waals surface area (Å²) in [6.45, 7) is 9.53. The van der Waals surface area contributed by atoms with Crippen molar-refractivity contribution >= 4 is 0 Å². The molecule has 0 aliphatic carbocycles. The first-order valence-electron chi connectivity index (χ1n) is 9.62. The summed E-state index contributed by atoms with van der Waals surface area (Å²) in [5.74, 6) is 0. The van der Waals surface area contributed by atoms with Crippen molar-refractivity contribution in [3.8, 4) is 0 Å². The zero-order valence-electron chi connectivity index (χ0n) is 15.1. The Morgan fingerprint density at radius 2 is 0.750 bits per heavy atom. The highest BCUT2D eigenvalue weighted by Gasteiger charge is 2.16. The Morgan fingerprint density at radius 1 is 0.450 bits per heavy atom. The van der Waals surface area contributed by atoms with E-state index in [1.165, 1.54) is 96.3 Å². The maximum absolute atomic E-state index is 2.47. The Bertz CT molecular complexity index is 180. The number of hydrogen-bond acceptors (Lipinski definition) is 0. The maximum atomic E-state index is 2.47. The molecule has 20 heavy (non-hydrogen) atoms. The standard InChI is InChI=1S/C20H42/c1-5-7-9-10-11-12-13-14-15-17-19-20(3,4)18-16-8-6-2/h5-19H2,1-4H3. The fourth-order valence-electron chi connectivity index (χ4n) is 3.07. The van der Waals surface area contributed by atoms with Crippen LogP contribution in [0.25, 0.3) is 0 Å². The van der Waals surface area contributed by atoms with E-state index >= 15 is 0 Å². The number of hydrogen-bond donors (Lipinski definition) is 0. The van der Waals surface area contributed by atoms with E-state index in [0.717, 1.165) is 0 Å². The molecule has 0 heterocycles. The molecule has 0 bridgehead atoms. The van der Waals surface area contributed by atoms with Crippen LogP contribution in [0, 0.1) is 5.41 Å². The summed E-state index contributed by atoms with van der Waals surface area (Å²) in [5.41, 5.74) is 0.593. The molecule has 0 aliphatic heterocycles. The number of unbranched alkanes of at least 4 members (excludes halogenated alkanes) is 11. The van der Waals surface area contributed by atoms with Crippen LogP contribution >= 0.6 is 0 Å². The summed E-state index contributed by atoms with van der Waals surface area (Å²) in [5, 5.41) is 0. The van der Waals surface area contributed by atoms with Crippen molar-refractivity contribution < 1.29 is 0 Å². The smallest absolute Gasteiger partial charge is 0.0354 e. The molecule has 0 aliphatic rings. The average Bonchev–Trinajstić information content (AvgIpc) is 2.41. The Morgan fingerprint density at radius 3 is 1.20 bits per heavy atom. The van der Waals surface area contributed by atoms with Gasteiger partial charge in [-0.25, -0.2) is 0 Å². The Labute approximate surface area is 130 Å². The van der Waals surface area contributed by atoms with Gasteiger partial charge in [-0.05, 0) is 18.3 Å². The molecule has 0 amide bonds. The Balaban J connectivity index is 3.25. The molecule has 0 saturated heterocycles. The SMILES string of the molecule is CCCCCCCCCCCCC(C)(C)CCCCC. The summed E-state index contributed by atoms with van der Waals surface area (Å²) in [4.78, 5) is 0. The quantitative estimate of drug-likeness (QED) is 0.268. The van der Waals surface area contributed by atoms with Gasteiger partial charge in [-0.3, -0.25) is 0 Å². The second-order valence-electron chi connectivity index (χ2n) is 7.55. The van der Waals surface area contributed by atoms with E-state index in [2.05, 4.69) is 27.7 Å². The lowest BCUT2D eigenvalue weighted by Gasteiger charge is -2.24. The third-order valence-corrected chi connectivity index (χ3v) is 4.66. The molecule has 122 valence electrons. The predicted molar refractivity (Wildman–Crippen MR) is 94.4 cm³/mol. The van der Waals surface area contributed by atoms with Crippen molar-refractivity contribution in [1.29, 1.82) is 0 Å². The normalized spacial score (nSPS) is 12.0. The van der Waals surface area contributed by atoms with E-state index in [4.69, 9.17) is 0 Å². The molecule has 0 fully saturated rings. The van der Waals surface area contributed by atoms with Crippen molar-refractivity contribution in [3.63, 3.8) is 0 Å². The van der Waals surface area contributed by atoms with Gasteiger partial charge in [0, 0.05) is 0 Å². The number of rotatable bonds is 15. The van der Waals surface area contributed by atoms with Gasteiger partial charge in [0.15, 0.2) is 0 Å². The first kappa shape index (κ1) is 20.0. The lowest BCUT2D eigenvalue weighted by molar-refractivity contribution is 0.283. The minimum absolute atomic E-state index is 0.593. The molecule has 0 spiro atoms. The first-order valence-corrected chi connectivity index (χ1v) is 9.62. The minimum Gasteiger partial charge on any atom is -0.0654 e. The topological polar surface area (TPSA) is 0 Å². The van der Waals surface area contributed by atoms with Crippen LogP contribution in [-0.4, -0.2) is 0 Å². The molecule has 0 heteroatoms. The fourth-order valence-corrected chi connectivity index (χ4v) is 3.07. The lowest BCUT2D eigenvalue weighted by Crippen LogP contribution is -2.10. The van der Waals surface area contributed by atoms with Crippen LogP contribution < -0.4 is 0 Å². The largest absolute Gasteiger partial charge is 0.0654 e. The summed E-state index contributed by atoms with van der Waals surface area (Å²) < 4.78 is 0. The molecule has 0 atom stereocenters. The molecule has 0 nitrogen and oxygen atoms in total. The third-order valence-electron chi connectivity index (χ3n) is 4.66. The zero-order chi connectivity index (χ0) is 15.1. The highest BCUT2D eigenvalue weighted by molar-refractivity contribution is 4.68. The molecular formula is C20H42. The van der Waals surface area contributed by atoms with Gasteiger partial charge in [0.1, 0.15) is 0 Å². The molecular weight excluding hydrogens is 240 g/mol. The summed E-state index contributed by atoms with van der Waals surface area (Å²) in [7, 11) is 0. The maximum Gasteiger partial charge on any atom is -0.0354 e. The van der Waals surface area contributed by atoms with Crippen molar-refractivity contribution in [1.82, 2.24) is 0 Å². The van der Waals surface area contributed by atoms with Crippen molar-refractivity contribution in [2.24, 2.45) is 5.41 Å². The average molecular weight is 283 g/mol. The summed E-state index contributed by atoms with van der Waals surface area (Å²) in [6.07, 6.45) is 21.6. The van der Waals surface area contributed by atoms with E-state index in [1.807, 2.05) is 0 Å². The van der Waals surface area contributed by atoms with Gasteiger partial charge in [0.25, 0.3) is 0 Å². The first-order chi connectivity index (χ1) is 9.62. The molecule has 0 radical (unpaired) electrons. The van der Waals surface area contributed by atoms with Crippen LogP contribution in [0.4, 0.5) is 0 Å². The van der Waals surface area contributed by atoms with E-state index in [1.54, 1.807) is 0 Å². The molecule has 0 aromatic rings. The second-order valence-corrected chi connectivity index (χ2v) is 7.55. The Hall–Kier alpha value is 0. The van der Waals surface area contributed by atoms with Gasteiger partial charge in [0.05, 0.1) is 0 Å². The van der Waals surface area contributed by atoms with Crippen LogP contribution in [0.1, 0.15) is 124 Å². The van der Waals surface area contributed by atoms with Crippen LogP contribution in [-0.2, 0) is 0 Å². The van der Waals surface area contributed by atoms with Gasteiger partial charge in [0.2, 0.25) is 0 Å². The van der Waals surface area contributed by atoms with E-state index in [-0.39, 0.29) is 0 Å². The van der Waals surface area contributed by atoms with Crippen molar-refractivity contribution in [2.75, 3.05) is 0 Å². The Kier molecular flexibility index (Phi) is 14.0. The van der Waals surface area contributed by atoms with Gasteiger partial charge < -0.3 is 0 Å². The minimum atomic E-state index is 0.593. The lowest BCUT2D eigenvalue weighted by atomic mass is 9.82. The predicted octanol–water partition coefficient (Wildman–Crippen LogP) is 7.90.